The Hall–Kier alpha value is -2.54. The van der Waals surface area contributed by atoms with E-state index in [0.717, 1.165) is 25.7 Å². The van der Waals surface area contributed by atoms with Gasteiger partial charge in [0.1, 0.15) is 0 Å². The third-order valence-corrected chi connectivity index (χ3v) is 5.86. The molecule has 2 N–H and O–H groups in total. The van der Waals surface area contributed by atoms with E-state index in [-0.39, 0.29) is 30.8 Å². The molecule has 134 valence electrons. The Bertz CT molecular complexity index is 1040. The number of benzene rings is 2. The SMILES string of the molecule is CN1C(=O)CC(c2ccc3sc4ccc(CC(F)F)cc4c3c2)N=C1N. The summed E-state index contributed by atoms with van der Waals surface area (Å²) in [7, 11) is 1.61. The van der Waals surface area contributed by atoms with E-state index in [1.54, 1.807) is 24.5 Å². The first-order chi connectivity index (χ1) is 12.4. The van der Waals surface area contributed by atoms with Crippen LogP contribution in [0.4, 0.5) is 8.78 Å². The Balaban J connectivity index is 1.81. The van der Waals surface area contributed by atoms with Crippen molar-refractivity contribution in [1.29, 1.82) is 0 Å². The number of hydrogen-bond donors (Lipinski definition) is 1. The standard InChI is InChI=1S/C19H17F2N3OS/c1-24-18(25)9-14(23-19(24)22)11-3-5-16-13(8-11)12-6-10(7-17(20)21)2-4-15(12)26-16/h2-6,8,14,17H,7,9H2,1H3,(H2,22,23). The lowest BCUT2D eigenvalue weighted by atomic mass is 9.99. The van der Waals surface area contributed by atoms with E-state index in [0.29, 0.717) is 5.56 Å². The molecule has 1 amide bonds. The number of nitrogens with two attached hydrogens (primary N) is 1. The number of carbonyl (C=O) groups excluding carboxylic acids is 1. The number of rotatable bonds is 3. The van der Waals surface area contributed by atoms with Gasteiger partial charge in [-0.2, -0.15) is 0 Å². The van der Waals surface area contributed by atoms with Crippen LogP contribution in [0, 0.1) is 0 Å². The molecule has 0 saturated carbocycles. The number of thiophene rings is 1. The van der Waals surface area contributed by atoms with Gasteiger partial charge in [0.25, 0.3) is 0 Å². The van der Waals surface area contributed by atoms with E-state index in [1.807, 2.05) is 30.3 Å². The molecule has 0 bridgehead atoms. The zero-order valence-corrected chi connectivity index (χ0v) is 14.9. The Kier molecular flexibility index (Phi) is 4.11. The molecule has 4 nitrogen and oxygen atoms in total. The first kappa shape index (κ1) is 16.9. The van der Waals surface area contributed by atoms with Crippen molar-refractivity contribution in [3.05, 3.63) is 47.5 Å². The van der Waals surface area contributed by atoms with Crippen molar-refractivity contribution < 1.29 is 13.6 Å². The van der Waals surface area contributed by atoms with Crippen LogP contribution in [-0.2, 0) is 11.2 Å². The Labute approximate surface area is 152 Å². The maximum Gasteiger partial charge on any atom is 0.242 e. The maximum atomic E-state index is 12.7. The van der Waals surface area contributed by atoms with Gasteiger partial charge in [-0.15, -0.1) is 11.3 Å². The fourth-order valence-corrected chi connectivity index (χ4v) is 4.34. The van der Waals surface area contributed by atoms with Crippen LogP contribution in [0.5, 0.6) is 0 Å². The molecule has 4 rings (SSSR count). The molecule has 2 heterocycles. The summed E-state index contributed by atoms with van der Waals surface area (Å²) in [6, 6.07) is 11.1. The summed E-state index contributed by atoms with van der Waals surface area (Å²) in [4.78, 5) is 17.8. The highest BCUT2D eigenvalue weighted by Gasteiger charge is 2.26. The highest BCUT2D eigenvalue weighted by molar-refractivity contribution is 7.25. The molecule has 0 aliphatic carbocycles. The minimum atomic E-state index is -2.37. The lowest BCUT2D eigenvalue weighted by molar-refractivity contribution is -0.127. The number of aliphatic imine (C=N–C) groups is 1. The molecule has 0 radical (unpaired) electrons. The predicted molar refractivity (Wildman–Crippen MR) is 101 cm³/mol. The van der Waals surface area contributed by atoms with Gasteiger partial charge in [-0.1, -0.05) is 12.1 Å². The van der Waals surface area contributed by atoms with Crippen LogP contribution in [0.15, 0.2) is 41.4 Å². The van der Waals surface area contributed by atoms with E-state index in [2.05, 4.69) is 4.99 Å². The van der Waals surface area contributed by atoms with Gasteiger partial charge in [-0.05, 0) is 35.4 Å². The number of nitrogens with zero attached hydrogens (tertiary/aromatic N) is 2. The molecule has 3 aromatic rings. The second-order valence-corrected chi connectivity index (χ2v) is 7.53. The number of alkyl halides is 2. The van der Waals surface area contributed by atoms with Gasteiger partial charge in [0, 0.05) is 33.6 Å². The molecule has 26 heavy (non-hydrogen) atoms. The summed E-state index contributed by atoms with van der Waals surface area (Å²) in [6.07, 6.45) is -2.35. The average Bonchev–Trinajstić information content (AvgIpc) is 2.96. The van der Waals surface area contributed by atoms with Gasteiger partial charge < -0.3 is 5.73 Å². The molecule has 7 heteroatoms. The average molecular weight is 373 g/mol. The van der Waals surface area contributed by atoms with Gasteiger partial charge in [0.05, 0.1) is 12.5 Å². The number of fused-ring (bicyclic) bond motifs is 3. The first-order valence-electron chi connectivity index (χ1n) is 8.25. The summed E-state index contributed by atoms with van der Waals surface area (Å²) in [6.45, 7) is 0. The lowest BCUT2D eigenvalue weighted by Crippen LogP contribution is -2.42. The molecular formula is C19H17F2N3OS. The van der Waals surface area contributed by atoms with Crippen LogP contribution in [0.2, 0.25) is 0 Å². The second-order valence-electron chi connectivity index (χ2n) is 6.44. The molecule has 1 aliphatic heterocycles. The third kappa shape index (κ3) is 2.92. The smallest absolute Gasteiger partial charge is 0.242 e. The topological polar surface area (TPSA) is 58.7 Å². The van der Waals surface area contributed by atoms with Crippen molar-refractivity contribution in [2.75, 3.05) is 7.05 Å². The quantitative estimate of drug-likeness (QED) is 0.752. The Morgan fingerprint density at radius 3 is 2.62 bits per heavy atom. The van der Waals surface area contributed by atoms with Crippen molar-refractivity contribution in [3.8, 4) is 0 Å². The van der Waals surface area contributed by atoms with Crippen LogP contribution in [-0.4, -0.2) is 30.2 Å². The third-order valence-electron chi connectivity index (χ3n) is 4.71. The van der Waals surface area contributed by atoms with Crippen LogP contribution in [0.3, 0.4) is 0 Å². The Morgan fingerprint density at radius 1 is 1.23 bits per heavy atom. The Morgan fingerprint density at radius 2 is 1.92 bits per heavy atom. The summed E-state index contributed by atoms with van der Waals surface area (Å²) in [5.74, 6) is 0.137. The minimum Gasteiger partial charge on any atom is -0.369 e. The molecule has 1 atom stereocenters. The largest absolute Gasteiger partial charge is 0.369 e. The van der Waals surface area contributed by atoms with Crippen molar-refractivity contribution in [2.45, 2.75) is 25.3 Å². The van der Waals surface area contributed by atoms with Gasteiger partial charge in [0.2, 0.25) is 12.3 Å². The second kappa shape index (κ2) is 6.32. The summed E-state index contributed by atoms with van der Waals surface area (Å²) >= 11 is 1.62. The van der Waals surface area contributed by atoms with Gasteiger partial charge in [-0.25, -0.2) is 13.8 Å². The molecule has 0 saturated heterocycles. The fraction of sp³-hybridized carbons (Fsp3) is 0.263. The number of guanidine groups is 1. The van der Waals surface area contributed by atoms with Crippen molar-refractivity contribution in [1.82, 2.24) is 4.90 Å². The highest BCUT2D eigenvalue weighted by Crippen LogP contribution is 2.37. The van der Waals surface area contributed by atoms with Crippen LogP contribution in [0.25, 0.3) is 20.2 Å². The van der Waals surface area contributed by atoms with Crippen molar-refractivity contribution in [3.63, 3.8) is 0 Å². The van der Waals surface area contributed by atoms with Crippen LogP contribution < -0.4 is 5.73 Å². The predicted octanol–water partition coefficient (Wildman–Crippen LogP) is 4.08. The highest BCUT2D eigenvalue weighted by atomic mass is 32.1. The van der Waals surface area contributed by atoms with Crippen LogP contribution in [0.1, 0.15) is 23.6 Å². The van der Waals surface area contributed by atoms with Crippen molar-refractivity contribution >= 4 is 43.4 Å². The number of halogens is 2. The van der Waals surface area contributed by atoms with Crippen LogP contribution >= 0.6 is 11.3 Å². The van der Waals surface area contributed by atoms with Crippen molar-refractivity contribution in [2.24, 2.45) is 10.7 Å². The molecule has 2 aromatic carbocycles. The number of amides is 1. The molecule has 1 aromatic heterocycles. The molecule has 0 spiro atoms. The zero-order chi connectivity index (χ0) is 18.4. The number of hydrogen-bond acceptors (Lipinski definition) is 4. The number of carbonyl (C=O) groups is 1. The summed E-state index contributed by atoms with van der Waals surface area (Å²) in [5, 5.41) is 1.96. The van der Waals surface area contributed by atoms with E-state index in [1.165, 1.54) is 4.90 Å². The van der Waals surface area contributed by atoms with E-state index in [9.17, 15) is 13.6 Å². The van der Waals surface area contributed by atoms with E-state index in [4.69, 9.17) is 5.73 Å². The summed E-state index contributed by atoms with van der Waals surface area (Å²) < 4.78 is 27.6. The fourth-order valence-electron chi connectivity index (χ4n) is 3.27. The molecule has 0 fully saturated rings. The molecule has 1 unspecified atom stereocenters. The minimum absolute atomic E-state index is 0.0722. The lowest BCUT2D eigenvalue weighted by Gasteiger charge is -2.25. The zero-order valence-electron chi connectivity index (χ0n) is 14.1. The summed E-state index contributed by atoms with van der Waals surface area (Å²) in [5.41, 5.74) is 7.36. The van der Waals surface area contributed by atoms with Gasteiger partial charge >= 0.3 is 0 Å². The monoisotopic (exact) mass is 373 g/mol. The van der Waals surface area contributed by atoms with E-state index >= 15 is 0 Å². The van der Waals surface area contributed by atoms with E-state index < -0.39 is 6.43 Å². The maximum absolute atomic E-state index is 12.7. The first-order valence-corrected chi connectivity index (χ1v) is 9.07. The normalized spacial score (nSPS) is 18.2. The van der Waals surface area contributed by atoms with Gasteiger partial charge in [0.15, 0.2) is 5.96 Å². The molecular weight excluding hydrogens is 356 g/mol. The molecule has 1 aliphatic rings. The van der Waals surface area contributed by atoms with Gasteiger partial charge in [-0.3, -0.25) is 9.69 Å².